The van der Waals surface area contributed by atoms with E-state index in [-0.39, 0.29) is 11.0 Å². The summed E-state index contributed by atoms with van der Waals surface area (Å²) in [5, 5.41) is 8.76. The molecule has 154 valence electrons. The Hall–Kier alpha value is -1.64. The van der Waals surface area contributed by atoms with Gasteiger partial charge in [0.2, 0.25) is 0 Å². The quantitative estimate of drug-likeness (QED) is 0.467. The van der Waals surface area contributed by atoms with E-state index in [0.29, 0.717) is 37.7 Å². The molecule has 28 heavy (non-hydrogen) atoms. The molecule has 2 aliphatic heterocycles. The third-order valence-corrected chi connectivity index (χ3v) is 7.01. The summed E-state index contributed by atoms with van der Waals surface area (Å²) in [6.07, 6.45) is 5.35. The minimum Gasteiger partial charge on any atom is -0.296 e. The molecule has 0 radical (unpaired) electrons. The van der Waals surface area contributed by atoms with E-state index in [1.54, 1.807) is 11.5 Å². The minimum absolute atomic E-state index is 0.123. The molecule has 1 aromatic rings. The second-order valence-corrected chi connectivity index (χ2v) is 8.47. The van der Waals surface area contributed by atoms with Crippen molar-refractivity contribution in [2.24, 2.45) is 5.41 Å². The first-order valence-electron chi connectivity index (χ1n) is 9.93. The highest BCUT2D eigenvalue weighted by Gasteiger charge is 2.44. The number of alkyl halides is 2. The fraction of sp³-hybridized carbons (Fsp3) is 0.650. The number of hydrogen-bond acceptors (Lipinski definition) is 4. The van der Waals surface area contributed by atoms with Gasteiger partial charge in [0.05, 0.1) is 0 Å². The average Bonchev–Trinajstić information content (AvgIpc) is 3.11. The molecule has 2 N–H and O–H groups in total. The smallest absolute Gasteiger partial charge is 0.294 e. The van der Waals surface area contributed by atoms with Crippen molar-refractivity contribution in [3.05, 3.63) is 34.6 Å². The number of rotatable bonds is 3. The van der Waals surface area contributed by atoms with E-state index in [9.17, 15) is 18.0 Å². The van der Waals surface area contributed by atoms with Crippen molar-refractivity contribution in [3.63, 3.8) is 0 Å². The molecule has 1 unspecified atom stereocenters. The summed E-state index contributed by atoms with van der Waals surface area (Å²) >= 11 is 0. The number of likely N-dealkylation sites (tertiary alicyclic amines) is 1. The van der Waals surface area contributed by atoms with Crippen molar-refractivity contribution in [1.82, 2.24) is 15.3 Å². The first-order chi connectivity index (χ1) is 13.4. The number of carbonyl (C=O) groups is 1. The van der Waals surface area contributed by atoms with Crippen LogP contribution in [0, 0.1) is 11.2 Å². The van der Waals surface area contributed by atoms with E-state index >= 15 is 0 Å². The van der Waals surface area contributed by atoms with Crippen molar-refractivity contribution >= 4 is 5.91 Å². The third-order valence-electron chi connectivity index (χ3n) is 7.01. The number of hydroxylamine groups is 1. The Morgan fingerprint density at radius 1 is 1.21 bits per heavy atom. The molecule has 1 amide bonds. The average molecular weight is 397 g/mol. The Morgan fingerprint density at radius 3 is 2.64 bits per heavy atom. The third kappa shape index (κ3) is 3.65. The van der Waals surface area contributed by atoms with Crippen LogP contribution in [0.3, 0.4) is 0 Å². The molecule has 1 atom stereocenters. The molecule has 1 aliphatic carbocycles. The van der Waals surface area contributed by atoms with Crippen molar-refractivity contribution in [3.8, 4) is 0 Å². The van der Waals surface area contributed by atoms with Gasteiger partial charge in [0.25, 0.3) is 12.5 Å². The maximum Gasteiger partial charge on any atom is 0.294 e. The standard InChI is InChI=1S/C20H26F3N3O2/c21-17-10-14(18(27)24-28)9-13-2-6-26(12-16(13)17)15-1-3-20(11-15)4-7-25(8-5-20)19(22)23/h9-10,15,19,28H,1-8,11-12H2,(H,24,27). The Labute approximate surface area is 162 Å². The summed E-state index contributed by atoms with van der Waals surface area (Å²) < 4.78 is 40.4. The molecule has 1 spiro atoms. The normalized spacial score (nSPS) is 25.2. The van der Waals surface area contributed by atoms with Crippen LogP contribution in [0.15, 0.2) is 12.1 Å². The molecule has 1 saturated carbocycles. The van der Waals surface area contributed by atoms with Gasteiger partial charge in [0.1, 0.15) is 5.82 Å². The van der Waals surface area contributed by atoms with Crippen LogP contribution in [0.2, 0.25) is 0 Å². The zero-order valence-corrected chi connectivity index (χ0v) is 15.8. The zero-order valence-electron chi connectivity index (χ0n) is 15.8. The first kappa shape index (κ1) is 19.7. The number of benzene rings is 1. The van der Waals surface area contributed by atoms with Crippen LogP contribution in [0.1, 0.15) is 53.6 Å². The highest BCUT2D eigenvalue weighted by Crippen LogP contribution is 2.48. The van der Waals surface area contributed by atoms with Gasteiger partial charge in [0.15, 0.2) is 0 Å². The van der Waals surface area contributed by atoms with Gasteiger partial charge in [-0.25, -0.2) is 14.8 Å². The Bertz CT molecular complexity index is 750. The number of amides is 1. The SMILES string of the molecule is O=C(NO)c1cc(F)c2c(c1)CCN(C1CCC3(CCN(C(F)F)CC3)C1)C2. The maximum atomic E-state index is 14.6. The molecule has 2 fully saturated rings. The Balaban J connectivity index is 1.42. The van der Waals surface area contributed by atoms with Crippen molar-refractivity contribution in [2.75, 3.05) is 19.6 Å². The summed E-state index contributed by atoms with van der Waals surface area (Å²) in [4.78, 5) is 15.1. The van der Waals surface area contributed by atoms with Gasteiger partial charge in [0, 0.05) is 43.3 Å². The van der Waals surface area contributed by atoms with E-state index in [1.165, 1.54) is 11.0 Å². The molecule has 4 rings (SSSR count). The molecular weight excluding hydrogens is 371 g/mol. The van der Waals surface area contributed by atoms with Crippen LogP contribution in [-0.4, -0.2) is 53.1 Å². The number of piperidine rings is 1. The number of halogens is 3. The van der Waals surface area contributed by atoms with E-state index < -0.39 is 18.3 Å². The van der Waals surface area contributed by atoms with Crippen LogP contribution in [0.4, 0.5) is 13.2 Å². The van der Waals surface area contributed by atoms with Crippen molar-refractivity contribution in [2.45, 2.75) is 57.7 Å². The molecule has 1 aromatic carbocycles. The number of nitrogens with zero attached hydrogens (tertiary/aromatic N) is 2. The fourth-order valence-corrected chi connectivity index (χ4v) is 5.28. The zero-order chi connectivity index (χ0) is 19.9. The predicted molar refractivity (Wildman–Crippen MR) is 96.6 cm³/mol. The van der Waals surface area contributed by atoms with E-state index in [2.05, 4.69) is 4.90 Å². The van der Waals surface area contributed by atoms with Crippen molar-refractivity contribution in [1.29, 1.82) is 0 Å². The lowest BCUT2D eigenvalue weighted by Crippen LogP contribution is -2.43. The fourth-order valence-electron chi connectivity index (χ4n) is 5.28. The number of nitrogens with one attached hydrogen (secondary N) is 1. The van der Waals surface area contributed by atoms with Gasteiger partial charge < -0.3 is 0 Å². The monoisotopic (exact) mass is 397 g/mol. The second kappa shape index (κ2) is 7.65. The van der Waals surface area contributed by atoms with Crippen LogP contribution < -0.4 is 5.48 Å². The molecule has 8 heteroatoms. The van der Waals surface area contributed by atoms with Gasteiger partial charge >= 0.3 is 0 Å². The molecule has 0 aromatic heterocycles. The predicted octanol–water partition coefficient (Wildman–Crippen LogP) is 3.16. The van der Waals surface area contributed by atoms with Crippen LogP contribution in [-0.2, 0) is 13.0 Å². The van der Waals surface area contributed by atoms with E-state index in [4.69, 9.17) is 5.21 Å². The summed E-state index contributed by atoms with van der Waals surface area (Å²) in [6.45, 7) is -0.157. The number of fused-ring (bicyclic) bond motifs is 1. The number of carbonyl (C=O) groups excluding carboxylic acids is 1. The van der Waals surface area contributed by atoms with Gasteiger partial charge in [-0.05, 0) is 61.6 Å². The van der Waals surface area contributed by atoms with Crippen molar-refractivity contribution < 1.29 is 23.2 Å². The Morgan fingerprint density at radius 2 is 1.96 bits per heavy atom. The lowest BCUT2D eigenvalue weighted by atomic mass is 9.77. The first-order valence-corrected chi connectivity index (χ1v) is 9.93. The Kier molecular flexibility index (Phi) is 5.37. The minimum atomic E-state index is -2.37. The molecule has 0 bridgehead atoms. The maximum absolute atomic E-state index is 14.6. The highest BCUT2D eigenvalue weighted by atomic mass is 19.3. The van der Waals surface area contributed by atoms with Gasteiger partial charge in [-0.2, -0.15) is 8.78 Å². The summed E-state index contributed by atoms with van der Waals surface area (Å²) in [5.74, 6) is -1.13. The largest absolute Gasteiger partial charge is 0.296 e. The highest BCUT2D eigenvalue weighted by molar-refractivity contribution is 5.93. The summed E-state index contributed by atoms with van der Waals surface area (Å²) in [6, 6.07) is 3.17. The second-order valence-electron chi connectivity index (χ2n) is 8.47. The lowest BCUT2D eigenvalue weighted by molar-refractivity contribution is -0.0595. The molecule has 2 heterocycles. The van der Waals surface area contributed by atoms with Crippen LogP contribution in [0.25, 0.3) is 0 Å². The van der Waals surface area contributed by atoms with Gasteiger partial charge in [-0.3, -0.25) is 14.9 Å². The molecule has 5 nitrogen and oxygen atoms in total. The molecule has 3 aliphatic rings. The summed E-state index contributed by atoms with van der Waals surface area (Å²) in [7, 11) is 0. The number of hydrogen-bond donors (Lipinski definition) is 2. The molecular formula is C20H26F3N3O2. The topological polar surface area (TPSA) is 55.8 Å². The molecule has 1 saturated heterocycles. The van der Waals surface area contributed by atoms with Crippen LogP contribution >= 0.6 is 0 Å². The van der Waals surface area contributed by atoms with Crippen LogP contribution in [0.5, 0.6) is 0 Å². The van der Waals surface area contributed by atoms with E-state index in [0.717, 1.165) is 44.2 Å². The van der Waals surface area contributed by atoms with Gasteiger partial charge in [-0.15, -0.1) is 0 Å². The lowest BCUT2D eigenvalue weighted by Gasteiger charge is -2.40. The van der Waals surface area contributed by atoms with Gasteiger partial charge in [-0.1, -0.05) is 0 Å². The van der Waals surface area contributed by atoms with E-state index in [1.807, 2.05) is 0 Å². The summed E-state index contributed by atoms with van der Waals surface area (Å²) in [5.41, 5.74) is 3.25.